The highest BCUT2D eigenvalue weighted by molar-refractivity contribution is 5.75. The van der Waals surface area contributed by atoms with E-state index in [-0.39, 0.29) is 12.3 Å². The molecule has 1 atom stereocenters. The fraction of sp³-hybridized carbons (Fsp3) is 0.636. The molecule has 0 spiro atoms. The Balaban J connectivity index is 1.61. The molecule has 1 aliphatic carbocycles. The van der Waals surface area contributed by atoms with Crippen molar-refractivity contribution in [3.63, 3.8) is 0 Å². The Morgan fingerprint density at radius 2 is 2.16 bits per heavy atom. The molecule has 2 aromatic heterocycles. The van der Waals surface area contributed by atoms with E-state index in [1.54, 1.807) is 18.8 Å². The Morgan fingerprint density at radius 1 is 1.32 bits per heavy atom. The van der Waals surface area contributed by atoms with Crippen LogP contribution in [0.15, 0.2) is 22.9 Å². The third kappa shape index (κ3) is 7.29. The third-order valence-electron chi connectivity index (χ3n) is 5.87. The number of amides is 1. The molecule has 2 heterocycles. The van der Waals surface area contributed by atoms with Gasteiger partial charge in [0, 0.05) is 37.8 Å². The van der Waals surface area contributed by atoms with Crippen LogP contribution in [0.2, 0.25) is 0 Å². The SMILES string of the molecule is COCCNc1ccc(-c2noc(C(CCCC3CCCCC3)CC(=O)NO)n2)cn1. The van der Waals surface area contributed by atoms with Gasteiger partial charge in [-0.05, 0) is 24.5 Å². The maximum absolute atomic E-state index is 11.8. The summed E-state index contributed by atoms with van der Waals surface area (Å²) < 4.78 is 10.5. The maximum Gasteiger partial charge on any atom is 0.244 e. The molecule has 0 bridgehead atoms. The highest BCUT2D eigenvalue weighted by atomic mass is 16.5. The highest BCUT2D eigenvalue weighted by Crippen LogP contribution is 2.31. The van der Waals surface area contributed by atoms with E-state index in [0.29, 0.717) is 24.9 Å². The van der Waals surface area contributed by atoms with Gasteiger partial charge >= 0.3 is 0 Å². The van der Waals surface area contributed by atoms with E-state index in [4.69, 9.17) is 14.5 Å². The molecule has 9 heteroatoms. The van der Waals surface area contributed by atoms with Gasteiger partial charge in [-0.2, -0.15) is 4.98 Å². The Kier molecular flexibility index (Phi) is 9.23. The number of methoxy groups -OCH3 is 1. The van der Waals surface area contributed by atoms with Crippen LogP contribution in [0, 0.1) is 5.92 Å². The number of carbonyl (C=O) groups excluding carboxylic acids is 1. The van der Waals surface area contributed by atoms with Gasteiger partial charge < -0.3 is 14.6 Å². The number of pyridine rings is 1. The van der Waals surface area contributed by atoms with Crippen LogP contribution in [0.5, 0.6) is 0 Å². The molecule has 170 valence electrons. The number of hydrogen-bond acceptors (Lipinski definition) is 8. The Labute approximate surface area is 182 Å². The van der Waals surface area contributed by atoms with Crippen molar-refractivity contribution in [1.29, 1.82) is 0 Å². The first-order valence-electron chi connectivity index (χ1n) is 11.2. The van der Waals surface area contributed by atoms with Crippen LogP contribution in [0.4, 0.5) is 5.82 Å². The summed E-state index contributed by atoms with van der Waals surface area (Å²) in [5, 5.41) is 16.2. The largest absolute Gasteiger partial charge is 0.383 e. The average molecular weight is 432 g/mol. The lowest BCUT2D eigenvalue weighted by Gasteiger charge is -2.22. The van der Waals surface area contributed by atoms with E-state index in [1.165, 1.54) is 32.1 Å². The number of carbonyl (C=O) groups is 1. The molecule has 0 saturated heterocycles. The maximum atomic E-state index is 11.8. The van der Waals surface area contributed by atoms with Gasteiger partial charge in [-0.25, -0.2) is 10.5 Å². The normalized spacial score (nSPS) is 15.5. The first-order valence-corrected chi connectivity index (χ1v) is 11.2. The van der Waals surface area contributed by atoms with E-state index < -0.39 is 5.91 Å². The summed E-state index contributed by atoms with van der Waals surface area (Å²) in [5.74, 6) is 1.71. The van der Waals surface area contributed by atoms with Crippen molar-refractivity contribution in [2.75, 3.05) is 25.6 Å². The zero-order valence-electron chi connectivity index (χ0n) is 18.2. The van der Waals surface area contributed by atoms with Crippen molar-refractivity contribution < 1.29 is 19.3 Å². The molecule has 0 aromatic carbocycles. The summed E-state index contributed by atoms with van der Waals surface area (Å²) in [6.07, 6.45) is 11.3. The molecule has 1 amide bonds. The predicted octanol–water partition coefficient (Wildman–Crippen LogP) is 3.92. The molecule has 1 unspecified atom stereocenters. The van der Waals surface area contributed by atoms with Gasteiger partial charge in [-0.3, -0.25) is 10.0 Å². The van der Waals surface area contributed by atoms with Crippen molar-refractivity contribution in [2.24, 2.45) is 5.92 Å². The van der Waals surface area contributed by atoms with Crippen LogP contribution < -0.4 is 10.8 Å². The van der Waals surface area contributed by atoms with Gasteiger partial charge in [0.1, 0.15) is 5.82 Å². The lowest BCUT2D eigenvalue weighted by atomic mass is 9.84. The van der Waals surface area contributed by atoms with Crippen LogP contribution >= 0.6 is 0 Å². The average Bonchev–Trinajstić information content (AvgIpc) is 3.30. The molecule has 1 saturated carbocycles. The van der Waals surface area contributed by atoms with Gasteiger partial charge in [0.25, 0.3) is 0 Å². The summed E-state index contributed by atoms with van der Waals surface area (Å²) in [5.41, 5.74) is 2.45. The zero-order valence-corrected chi connectivity index (χ0v) is 18.2. The van der Waals surface area contributed by atoms with Crippen LogP contribution in [0.3, 0.4) is 0 Å². The molecule has 0 aliphatic heterocycles. The van der Waals surface area contributed by atoms with Gasteiger partial charge in [0.2, 0.25) is 17.6 Å². The molecule has 1 fully saturated rings. The molecular weight excluding hydrogens is 398 g/mol. The third-order valence-corrected chi connectivity index (χ3v) is 5.87. The minimum absolute atomic E-state index is 0.114. The molecule has 31 heavy (non-hydrogen) atoms. The molecule has 3 N–H and O–H groups in total. The standard InChI is InChI=1S/C22H33N5O4/c1-30-13-12-23-19-11-10-18(15-24-19)21-25-22(31-27-21)17(14-20(28)26-29)9-5-8-16-6-3-2-4-7-16/h10-11,15-17,29H,2-9,12-14H2,1H3,(H,23,24)(H,26,28). The minimum Gasteiger partial charge on any atom is -0.383 e. The van der Waals surface area contributed by atoms with Gasteiger partial charge in [0.15, 0.2) is 0 Å². The monoisotopic (exact) mass is 431 g/mol. The molecule has 2 aromatic rings. The molecule has 3 rings (SSSR count). The Hall–Kier alpha value is -2.52. The summed E-state index contributed by atoms with van der Waals surface area (Å²) >= 11 is 0. The second-order valence-electron chi connectivity index (χ2n) is 8.18. The van der Waals surface area contributed by atoms with E-state index in [2.05, 4.69) is 20.4 Å². The van der Waals surface area contributed by atoms with Crippen LogP contribution in [0.1, 0.15) is 69.6 Å². The van der Waals surface area contributed by atoms with E-state index in [1.807, 2.05) is 12.1 Å². The van der Waals surface area contributed by atoms with E-state index >= 15 is 0 Å². The number of hydrogen-bond donors (Lipinski definition) is 3. The number of aromatic nitrogens is 3. The number of ether oxygens (including phenoxy) is 1. The summed E-state index contributed by atoms with van der Waals surface area (Å²) in [7, 11) is 1.65. The molecule has 1 aliphatic rings. The Bertz CT molecular complexity index is 789. The smallest absolute Gasteiger partial charge is 0.244 e. The topological polar surface area (TPSA) is 122 Å². The number of nitrogens with one attached hydrogen (secondary N) is 2. The summed E-state index contributed by atoms with van der Waals surface area (Å²) in [4.78, 5) is 20.7. The van der Waals surface area contributed by atoms with Crippen molar-refractivity contribution in [3.05, 3.63) is 24.2 Å². The first-order chi connectivity index (χ1) is 15.2. The Morgan fingerprint density at radius 3 is 2.87 bits per heavy atom. The molecule has 0 radical (unpaired) electrons. The first kappa shape index (κ1) is 23.1. The summed E-state index contributed by atoms with van der Waals surface area (Å²) in [6.45, 7) is 1.27. The van der Waals surface area contributed by atoms with Crippen LogP contribution in [-0.4, -0.2) is 46.5 Å². The second-order valence-corrected chi connectivity index (χ2v) is 8.18. The van der Waals surface area contributed by atoms with Crippen molar-refractivity contribution in [1.82, 2.24) is 20.6 Å². The minimum atomic E-state index is -0.449. The highest BCUT2D eigenvalue weighted by Gasteiger charge is 2.23. The lowest BCUT2D eigenvalue weighted by molar-refractivity contribution is -0.129. The number of nitrogens with zero attached hydrogens (tertiary/aromatic N) is 3. The van der Waals surface area contributed by atoms with Crippen LogP contribution in [0.25, 0.3) is 11.4 Å². The zero-order chi connectivity index (χ0) is 21.9. The van der Waals surface area contributed by atoms with Crippen molar-refractivity contribution >= 4 is 11.7 Å². The van der Waals surface area contributed by atoms with E-state index in [9.17, 15) is 4.79 Å². The second kappa shape index (κ2) is 12.4. The number of anilines is 1. The van der Waals surface area contributed by atoms with Gasteiger partial charge in [0.05, 0.1) is 6.61 Å². The fourth-order valence-electron chi connectivity index (χ4n) is 4.14. The quantitative estimate of drug-likeness (QED) is 0.263. The molecular formula is C22H33N5O4. The van der Waals surface area contributed by atoms with Crippen molar-refractivity contribution in [2.45, 2.75) is 63.7 Å². The number of rotatable bonds is 12. The molecule has 9 nitrogen and oxygen atoms in total. The van der Waals surface area contributed by atoms with Crippen molar-refractivity contribution in [3.8, 4) is 11.4 Å². The van der Waals surface area contributed by atoms with E-state index in [0.717, 1.165) is 36.6 Å². The lowest BCUT2D eigenvalue weighted by Crippen LogP contribution is -2.21. The summed E-state index contributed by atoms with van der Waals surface area (Å²) in [6, 6.07) is 3.72. The number of hydroxylamine groups is 1. The van der Waals surface area contributed by atoms with Gasteiger partial charge in [-0.15, -0.1) is 0 Å². The predicted molar refractivity (Wildman–Crippen MR) is 116 cm³/mol. The van der Waals surface area contributed by atoms with Gasteiger partial charge in [-0.1, -0.05) is 50.1 Å². The fourth-order valence-corrected chi connectivity index (χ4v) is 4.14. The van der Waals surface area contributed by atoms with Crippen LogP contribution in [-0.2, 0) is 9.53 Å².